The van der Waals surface area contributed by atoms with Crippen LogP contribution in [0.5, 0.6) is 0 Å². The molecule has 0 aromatic heterocycles. The summed E-state index contributed by atoms with van der Waals surface area (Å²) in [6.07, 6.45) is 1.44. The predicted molar refractivity (Wildman–Crippen MR) is 178 cm³/mol. The maximum atomic E-state index is 13.3. The second kappa shape index (κ2) is 19.3. The average molecular weight is 660 g/mol. The molecule has 1 aliphatic rings. The number of benzene rings is 3. The molecule has 3 aromatic carbocycles. The molecule has 4 rings (SSSR count). The SMILES string of the molecule is CC(=O)N(CCC[C@@H]1NC(=O)[C@H](CCCN(OCc2ccccc2)C(=O)[C@H](N)COCc2ccccc2)NC1=O)OCc1ccccc1. The Balaban J connectivity index is 1.22. The number of nitrogens with one attached hydrogen (secondary N) is 2. The lowest BCUT2D eigenvalue weighted by Gasteiger charge is -2.31. The smallest absolute Gasteiger partial charge is 0.265 e. The first-order chi connectivity index (χ1) is 23.3. The van der Waals surface area contributed by atoms with Gasteiger partial charge in [-0.2, -0.15) is 0 Å². The molecule has 4 N–H and O–H groups in total. The molecule has 256 valence electrons. The van der Waals surface area contributed by atoms with Crippen LogP contribution in [0.2, 0.25) is 0 Å². The monoisotopic (exact) mass is 659 g/mol. The van der Waals surface area contributed by atoms with Gasteiger partial charge in [-0.25, -0.2) is 10.1 Å². The van der Waals surface area contributed by atoms with Crippen LogP contribution >= 0.6 is 0 Å². The van der Waals surface area contributed by atoms with E-state index in [9.17, 15) is 19.2 Å². The lowest BCUT2D eigenvalue weighted by atomic mass is 10.0. The van der Waals surface area contributed by atoms with Crippen LogP contribution < -0.4 is 16.4 Å². The molecule has 3 aromatic rings. The van der Waals surface area contributed by atoms with Crippen molar-refractivity contribution in [2.45, 2.75) is 70.6 Å². The summed E-state index contributed by atoms with van der Waals surface area (Å²) in [6, 6.07) is 26.1. The number of hydrogen-bond acceptors (Lipinski definition) is 8. The lowest BCUT2D eigenvalue weighted by Crippen LogP contribution is -2.61. The Morgan fingerprint density at radius 1 is 0.688 bits per heavy atom. The Kier molecular flexibility index (Phi) is 14.5. The zero-order valence-corrected chi connectivity index (χ0v) is 27.3. The Labute approximate surface area is 281 Å². The summed E-state index contributed by atoms with van der Waals surface area (Å²) in [6.45, 7) is 2.58. The van der Waals surface area contributed by atoms with E-state index in [2.05, 4.69) is 10.6 Å². The van der Waals surface area contributed by atoms with Crippen molar-refractivity contribution in [3.05, 3.63) is 108 Å². The highest BCUT2D eigenvalue weighted by Gasteiger charge is 2.33. The minimum atomic E-state index is -0.953. The average Bonchev–Trinajstić information content (AvgIpc) is 3.10. The normalized spacial score (nSPS) is 16.5. The Morgan fingerprint density at radius 2 is 1.10 bits per heavy atom. The van der Waals surface area contributed by atoms with E-state index in [-0.39, 0.29) is 57.1 Å². The molecule has 0 bridgehead atoms. The van der Waals surface area contributed by atoms with Crippen molar-refractivity contribution in [1.29, 1.82) is 0 Å². The zero-order chi connectivity index (χ0) is 34.1. The van der Waals surface area contributed by atoms with Gasteiger partial charge < -0.3 is 21.1 Å². The van der Waals surface area contributed by atoms with Crippen LogP contribution in [-0.4, -0.2) is 71.6 Å². The summed E-state index contributed by atoms with van der Waals surface area (Å²) in [5.41, 5.74) is 8.97. The molecule has 4 amide bonds. The van der Waals surface area contributed by atoms with Gasteiger partial charge in [0.15, 0.2) is 0 Å². The fourth-order valence-electron chi connectivity index (χ4n) is 5.10. The molecule has 48 heavy (non-hydrogen) atoms. The minimum absolute atomic E-state index is 0.00469. The van der Waals surface area contributed by atoms with Crippen LogP contribution in [0.25, 0.3) is 0 Å². The van der Waals surface area contributed by atoms with E-state index in [0.29, 0.717) is 25.9 Å². The molecule has 0 saturated carbocycles. The van der Waals surface area contributed by atoms with E-state index < -0.39 is 24.0 Å². The summed E-state index contributed by atoms with van der Waals surface area (Å²) < 4.78 is 5.68. The molecule has 0 spiro atoms. The van der Waals surface area contributed by atoms with Gasteiger partial charge in [0.2, 0.25) is 17.7 Å². The number of nitrogens with two attached hydrogens (primary N) is 1. The first-order valence-corrected chi connectivity index (χ1v) is 16.2. The molecule has 12 heteroatoms. The second-order valence-corrected chi connectivity index (χ2v) is 11.6. The number of rotatable bonds is 19. The van der Waals surface area contributed by atoms with Gasteiger partial charge in [0, 0.05) is 20.0 Å². The van der Waals surface area contributed by atoms with Crippen LogP contribution in [0.1, 0.15) is 49.3 Å². The van der Waals surface area contributed by atoms with Crippen LogP contribution in [0, 0.1) is 0 Å². The molecule has 1 saturated heterocycles. The molecular formula is C36H45N5O7. The van der Waals surface area contributed by atoms with Crippen molar-refractivity contribution in [2.75, 3.05) is 19.7 Å². The summed E-state index contributed by atoms with van der Waals surface area (Å²) in [4.78, 5) is 62.6. The van der Waals surface area contributed by atoms with Crippen LogP contribution in [-0.2, 0) is 53.4 Å². The molecule has 1 aliphatic heterocycles. The van der Waals surface area contributed by atoms with Gasteiger partial charge in [-0.15, -0.1) is 0 Å². The van der Waals surface area contributed by atoms with Crippen LogP contribution in [0.4, 0.5) is 0 Å². The Morgan fingerprint density at radius 3 is 1.56 bits per heavy atom. The van der Waals surface area contributed by atoms with Crippen molar-refractivity contribution in [3.8, 4) is 0 Å². The van der Waals surface area contributed by atoms with E-state index in [1.165, 1.54) is 17.1 Å². The second-order valence-electron chi connectivity index (χ2n) is 11.6. The standard InChI is InChI=1S/C36H45N5O7/c1-27(42)40(47-24-29-15-7-3-8-16-29)21-11-19-32-34(43)39-33(35(44)38-32)20-12-22-41(48-25-30-17-9-4-10-18-30)36(45)31(37)26-46-23-28-13-5-2-6-14-28/h2-10,13-18,31-33H,11-12,19-26,37H2,1H3,(H,38,44)(H,39,43)/t31-,32+,33+/m1/s1. The number of piperazine rings is 1. The summed E-state index contributed by atoms with van der Waals surface area (Å²) >= 11 is 0. The van der Waals surface area contributed by atoms with Crippen molar-refractivity contribution in [2.24, 2.45) is 5.73 Å². The molecular weight excluding hydrogens is 614 g/mol. The third-order valence-corrected chi connectivity index (χ3v) is 7.76. The van der Waals surface area contributed by atoms with Gasteiger partial charge in [-0.1, -0.05) is 91.0 Å². The van der Waals surface area contributed by atoms with Gasteiger partial charge in [-0.05, 0) is 42.4 Å². The number of hydrogen-bond donors (Lipinski definition) is 3. The molecule has 1 heterocycles. The van der Waals surface area contributed by atoms with E-state index in [1.54, 1.807) is 0 Å². The Bertz CT molecular complexity index is 1440. The first kappa shape index (κ1) is 36.2. The van der Waals surface area contributed by atoms with Crippen molar-refractivity contribution in [3.63, 3.8) is 0 Å². The number of carbonyl (C=O) groups excluding carboxylic acids is 4. The number of hydroxylamine groups is 4. The number of carbonyl (C=O) groups is 4. The fourth-order valence-corrected chi connectivity index (χ4v) is 5.10. The topological polar surface area (TPSA) is 153 Å². The van der Waals surface area contributed by atoms with Crippen molar-refractivity contribution >= 4 is 23.6 Å². The van der Waals surface area contributed by atoms with Gasteiger partial charge in [-0.3, -0.25) is 28.9 Å². The highest BCUT2D eigenvalue weighted by molar-refractivity contribution is 5.96. The largest absolute Gasteiger partial charge is 0.375 e. The van der Waals surface area contributed by atoms with E-state index in [1.807, 2.05) is 91.0 Å². The highest BCUT2D eigenvalue weighted by Crippen LogP contribution is 2.13. The quantitative estimate of drug-likeness (QED) is 0.166. The fraction of sp³-hybridized carbons (Fsp3) is 0.389. The molecule has 1 fully saturated rings. The Hall–Kier alpha value is -4.62. The molecule has 12 nitrogen and oxygen atoms in total. The number of nitrogens with zero attached hydrogens (tertiary/aromatic N) is 2. The highest BCUT2D eigenvalue weighted by atomic mass is 16.7. The predicted octanol–water partition coefficient (Wildman–Crippen LogP) is 3.01. The third kappa shape index (κ3) is 11.9. The van der Waals surface area contributed by atoms with E-state index in [4.69, 9.17) is 20.1 Å². The molecule has 0 aliphatic carbocycles. The molecule has 0 unspecified atom stereocenters. The van der Waals surface area contributed by atoms with E-state index in [0.717, 1.165) is 16.7 Å². The minimum Gasteiger partial charge on any atom is -0.375 e. The number of ether oxygens (including phenoxy) is 1. The molecule has 3 atom stereocenters. The maximum absolute atomic E-state index is 13.3. The van der Waals surface area contributed by atoms with Crippen LogP contribution in [0.15, 0.2) is 91.0 Å². The summed E-state index contributed by atoms with van der Waals surface area (Å²) in [7, 11) is 0. The molecule has 0 radical (unpaired) electrons. The summed E-state index contributed by atoms with van der Waals surface area (Å²) in [5, 5.41) is 8.08. The third-order valence-electron chi connectivity index (χ3n) is 7.76. The summed E-state index contributed by atoms with van der Waals surface area (Å²) in [5.74, 6) is -1.30. The lowest BCUT2D eigenvalue weighted by molar-refractivity contribution is -0.194. The van der Waals surface area contributed by atoms with Crippen LogP contribution in [0.3, 0.4) is 0 Å². The first-order valence-electron chi connectivity index (χ1n) is 16.2. The zero-order valence-electron chi connectivity index (χ0n) is 27.3. The van der Waals surface area contributed by atoms with Gasteiger partial charge in [0.25, 0.3) is 5.91 Å². The van der Waals surface area contributed by atoms with Crippen molar-refractivity contribution in [1.82, 2.24) is 20.8 Å². The van der Waals surface area contributed by atoms with Gasteiger partial charge in [0.05, 0.1) is 13.2 Å². The van der Waals surface area contributed by atoms with Gasteiger partial charge >= 0.3 is 0 Å². The van der Waals surface area contributed by atoms with Crippen molar-refractivity contribution < 1.29 is 33.6 Å². The van der Waals surface area contributed by atoms with E-state index >= 15 is 0 Å². The number of amides is 4. The van der Waals surface area contributed by atoms with Gasteiger partial charge in [0.1, 0.15) is 31.3 Å². The maximum Gasteiger partial charge on any atom is 0.265 e.